The summed E-state index contributed by atoms with van der Waals surface area (Å²) in [5.41, 5.74) is 0. The van der Waals surface area contributed by atoms with Crippen molar-refractivity contribution in [2.75, 3.05) is 0 Å². The van der Waals surface area contributed by atoms with E-state index in [4.69, 9.17) is 0 Å². The van der Waals surface area contributed by atoms with Gasteiger partial charge in [-0.3, -0.25) is 0 Å². The van der Waals surface area contributed by atoms with Gasteiger partial charge in [-0.2, -0.15) is 0 Å². The van der Waals surface area contributed by atoms with Crippen LogP contribution in [0.25, 0.3) is 0 Å². The normalized spacial score (nSPS) is 6.00. The van der Waals surface area contributed by atoms with E-state index in [1.165, 1.54) is 2.14 Å². The van der Waals surface area contributed by atoms with Gasteiger partial charge in [0, 0.05) is 0 Å². The molecule has 0 aliphatic rings. The molecule has 4 heavy (non-hydrogen) atoms. The summed E-state index contributed by atoms with van der Waals surface area (Å²) in [7, 11) is 0. The van der Waals surface area contributed by atoms with Gasteiger partial charge in [-0.25, -0.2) is 0 Å². The van der Waals surface area contributed by atoms with E-state index in [9.17, 15) is 0 Å². The van der Waals surface area contributed by atoms with Gasteiger partial charge in [-0.15, -0.1) is 0 Å². The Kier molecular flexibility index (Phi) is 5.18. The third-order valence-electron chi connectivity index (χ3n) is 0.118. The third-order valence-corrected chi connectivity index (χ3v) is 0.874. The van der Waals surface area contributed by atoms with Crippen LogP contribution < -0.4 is 0 Å². The van der Waals surface area contributed by atoms with Crippen LogP contribution in [0.15, 0.2) is 12.7 Å². The molecule has 0 N–H and O–H groups in total. The van der Waals surface area contributed by atoms with Crippen LogP contribution in [0, 0.1) is 38.3 Å². The zero-order valence-corrected chi connectivity index (χ0v) is 5.02. The average molecular weight is 191 g/mol. The monoisotopic (exact) mass is 193 g/mol. The zero-order valence-electron chi connectivity index (χ0n) is 2.40. The van der Waals surface area contributed by atoms with Crippen LogP contribution in [0.5, 0.6) is 0 Å². The molecule has 0 spiro atoms. The summed E-state index contributed by atoms with van der Waals surface area (Å²) in [6, 6.07) is 0. The maximum absolute atomic E-state index is 3.50. The van der Waals surface area contributed by atoms with E-state index >= 15 is 0 Å². The Bertz CT molecular complexity index is 17.2. The second-order valence-corrected chi connectivity index (χ2v) is 1.52. The van der Waals surface area contributed by atoms with E-state index in [0.717, 1.165) is 0 Å². The van der Waals surface area contributed by atoms with E-state index in [1.807, 2.05) is 6.08 Å². The second-order valence-electron chi connectivity index (χ2n) is 0.455. The number of hydrogen-bond acceptors (Lipinski definition) is 0. The maximum atomic E-state index is 3.50. The van der Waals surface area contributed by atoms with Crippen LogP contribution in [0.3, 0.4) is 0 Å². The van der Waals surface area contributed by atoms with Gasteiger partial charge in [-0.1, -0.05) is 0 Å². The Morgan fingerprint density at radius 1 is 2.00 bits per heavy atom. The van der Waals surface area contributed by atoms with E-state index in [1.54, 1.807) is 38.3 Å². The van der Waals surface area contributed by atoms with Crippen LogP contribution in [0.2, 0.25) is 2.14 Å². The molecule has 0 amide bonds. The van der Waals surface area contributed by atoms with Crippen LogP contribution in [0.4, 0.5) is 0 Å². The van der Waals surface area contributed by atoms with Gasteiger partial charge in [0.1, 0.15) is 0 Å². The molecule has 0 aromatic rings. The van der Waals surface area contributed by atoms with E-state index in [-0.39, 0.29) is 0 Å². The summed E-state index contributed by atoms with van der Waals surface area (Å²) >= 11 is 1.59. The predicted molar refractivity (Wildman–Crippen MR) is 15.0 cm³/mol. The molecule has 0 atom stereocenters. The molecule has 0 nitrogen and oxygen atoms in total. The molecule has 0 saturated carbocycles. The second kappa shape index (κ2) is 4.08. The minimum atomic E-state index is 1.17. The fourth-order valence-electron chi connectivity index (χ4n) is 0. The molecule has 0 aromatic carbocycles. The third kappa shape index (κ3) is 3.08. The van der Waals surface area contributed by atoms with Crippen LogP contribution in [-0.2, 0) is 0 Å². The quantitative estimate of drug-likeness (QED) is 0.545. The summed E-state index contributed by atoms with van der Waals surface area (Å²) in [6.07, 6.45) is 1.91. The first kappa shape index (κ1) is 5.08. The molecule has 23 valence electrons. The van der Waals surface area contributed by atoms with Gasteiger partial charge in [0.25, 0.3) is 0 Å². The Labute approximate surface area is 52.5 Å². The molecule has 0 heterocycles. The summed E-state index contributed by atoms with van der Waals surface area (Å²) in [5.74, 6) is 0. The molecule has 0 bridgehead atoms. The Morgan fingerprint density at radius 3 is 2.25 bits per heavy atom. The van der Waals surface area contributed by atoms with Crippen molar-refractivity contribution in [1.82, 2.24) is 0 Å². The molecule has 0 fully saturated rings. The first-order chi connectivity index (χ1) is 1.91. The number of rotatable bonds is 1. The predicted octanol–water partition coefficient (Wildman–Crippen LogP) is 1.14. The van der Waals surface area contributed by atoms with Gasteiger partial charge in [-0.05, 0) is 0 Å². The van der Waals surface area contributed by atoms with Gasteiger partial charge in [0.15, 0.2) is 0 Å². The van der Waals surface area contributed by atoms with E-state index in [0.29, 0.717) is 0 Å². The first-order valence-corrected chi connectivity index (χ1v) is 2.96. The van der Waals surface area contributed by atoms with Crippen molar-refractivity contribution >= 4 is 0 Å². The zero-order chi connectivity index (χ0) is 3.41. The van der Waals surface area contributed by atoms with Gasteiger partial charge in [0.05, 0.1) is 0 Å². The van der Waals surface area contributed by atoms with Gasteiger partial charge in [0.2, 0.25) is 0 Å². The molecular formula is C3H5Sm. The van der Waals surface area contributed by atoms with Crippen molar-refractivity contribution in [2.45, 2.75) is 2.14 Å². The Morgan fingerprint density at radius 2 is 2.25 bits per heavy atom. The molecule has 0 aromatic heterocycles. The van der Waals surface area contributed by atoms with Crippen LogP contribution in [0.1, 0.15) is 0 Å². The molecule has 0 rings (SSSR count). The number of allylic oxidation sites excluding steroid dienone is 1. The number of hydrogen-bond donors (Lipinski definition) is 0. The van der Waals surface area contributed by atoms with Crippen molar-refractivity contribution < 1.29 is 38.3 Å². The van der Waals surface area contributed by atoms with Gasteiger partial charge < -0.3 is 0 Å². The van der Waals surface area contributed by atoms with Gasteiger partial charge >= 0.3 is 53.1 Å². The molecular weight excluding hydrogens is 186 g/mol. The fourth-order valence-corrected chi connectivity index (χ4v) is 0. The average Bonchev–Trinajstić information content (AvgIpc) is 1.37. The van der Waals surface area contributed by atoms with Crippen molar-refractivity contribution in [2.24, 2.45) is 0 Å². The van der Waals surface area contributed by atoms with Crippen molar-refractivity contribution in [3.8, 4) is 0 Å². The van der Waals surface area contributed by atoms with E-state index < -0.39 is 0 Å². The standard InChI is InChI=1S/C3H5.Sm/c1-3-2;/h3H,1-2H2;. The molecule has 0 saturated heterocycles. The van der Waals surface area contributed by atoms with Crippen molar-refractivity contribution in [1.29, 1.82) is 0 Å². The Hall–Kier alpha value is 1.08. The SMILES string of the molecule is C=C[CH2][Sm]. The molecule has 0 unspecified atom stereocenters. The van der Waals surface area contributed by atoms with E-state index in [2.05, 4.69) is 6.58 Å². The topological polar surface area (TPSA) is 0 Å². The molecule has 0 radical (unpaired) electrons. The fraction of sp³-hybridized carbons (Fsp3) is 0.333. The van der Waals surface area contributed by atoms with Crippen LogP contribution >= 0.6 is 0 Å². The molecule has 1 heteroatoms. The summed E-state index contributed by atoms with van der Waals surface area (Å²) in [4.78, 5) is 0. The Balaban J connectivity index is 2.30. The van der Waals surface area contributed by atoms with Crippen LogP contribution in [-0.4, -0.2) is 0 Å². The molecule has 0 aliphatic carbocycles. The summed E-state index contributed by atoms with van der Waals surface area (Å²) in [6.45, 7) is 3.50. The summed E-state index contributed by atoms with van der Waals surface area (Å²) in [5, 5.41) is 0. The van der Waals surface area contributed by atoms with Crippen molar-refractivity contribution in [3.05, 3.63) is 12.7 Å². The minimum absolute atomic E-state index is 1.17. The summed E-state index contributed by atoms with van der Waals surface area (Å²) < 4.78 is 1.17. The first-order valence-electron chi connectivity index (χ1n) is 1.11. The molecule has 0 aliphatic heterocycles. The van der Waals surface area contributed by atoms with Crippen molar-refractivity contribution in [3.63, 3.8) is 0 Å².